The molecule has 0 bridgehead atoms. The third-order valence-corrected chi connectivity index (χ3v) is 20.3. The fourth-order valence-electron chi connectivity index (χ4n) is 14.9. The zero-order valence-corrected chi connectivity index (χ0v) is 56.1. The molecule has 93 heavy (non-hydrogen) atoms. The van der Waals surface area contributed by atoms with E-state index in [1.165, 1.54) is 66.9 Å². The zero-order chi connectivity index (χ0) is 63.6. The van der Waals surface area contributed by atoms with Crippen LogP contribution in [0.15, 0.2) is 147 Å². The second-order valence-electron chi connectivity index (χ2n) is 25.4. The van der Waals surface area contributed by atoms with E-state index in [2.05, 4.69) is 184 Å². The summed E-state index contributed by atoms with van der Waals surface area (Å²) in [6.45, 7) is 21.3. The Morgan fingerprint density at radius 1 is 0.419 bits per heavy atom. The number of fused-ring (bicyclic) bond motifs is 6. The lowest BCUT2D eigenvalue weighted by molar-refractivity contribution is 0.195. The number of nitrogens with zero attached hydrogens (tertiary/aromatic N) is 12. The van der Waals surface area contributed by atoms with Crippen LogP contribution in [0.3, 0.4) is 0 Å². The van der Waals surface area contributed by atoms with Crippen LogP contribution in [-0.4, -0.2) is 137 Å². The first-order valence-electron chi connectivity index (χ1n) is 33.5. The van der Waals surface area contributed by atoms with Gasteiger partial charge in [0.25, 0.3) is 0 Å². The maximum atomic E-state index is 6.46. The Hall–Kier alpha value is -7.15. The number of halogens is 3. The third-order valence-electron chi connectivity index (χ3n) is 19.6. The highest BCUT2D eigenvalue weighted by molar-refractivity contribution is 6.31. The van der Waals surface area contributed by atoms with Crippen LogP contribution in [0, 0.1) is 20.8 Å². The normalized spacial score (nSPS) is 19.6. The van der Waals surface area contributed by atoms with Crippen LogP contribution in [0.4, 0.5) is 0 Å². The van der Waals surface area contributed by atoms with Crippen molar-refractivity contribution in [1.82, 2.24) is 74.3 Å². The predicted octanol–water partition coefficient (Wildman–Crippen LogP) is 13.5. The van der Waals surface area contributed by atoms with Gasteiger partial charge in [0.2, 0.25) is 0 Å². The Balaban J connectivity index is 0.000000127. The number of pyridine rings is 3. The summed E-state index contributed by atoms with van der Waals surface area (Å²) in [5, 5.41) is 12.8. The van der Waals surface area contributed by atoms with Gasteiger partial charge in [0, 0.05) is 180 Å². The summed E-state index contributed by atoms with van der Waals surface area (Å²) in [7, 11) is 0. The number of benzene rings is 3. The first-order chi connectivity index (χ1) is 45.6. The fourth-order valence-corrected chi connectivity index (χ4v) is 15.5. The van der Waals surface area contributed by atoms with Crippen molar-refractivity contribution in [3.8, 4) is 0 Å². The Morgan fingerprint density at radius 2 is 0.817 bits per heavy atom. The lowest BCUT2D eigenvalue weighted by Crippen LogP contribution is -2.45. The highest BCUT2D eigenvalue weighted by Gasteiger charge is 2.36. The average Bonchev–Trinajstić information content (AvgIpc) is 1.71. The number of allylic oxidation sites excluding steroid dienone is 2. The molecule has 9 heterocycles. The van der Waals surface area contributed by atoms with Crippen molar-refractivity contribution in [2.45, 2.75) is 109 Å². The summed E-state index contributed by atoms with van der Waals surface area (Å²) >= 11 is 19.3. The van der Waals surface area contributed by atoms with Crippen molar-refractivity contribution in [2.24, 2.45) is 0 Å². The molecule has 15 rings (SSSR count). The summed E-state index contributed by atoms with van der Waals surface area (Å²) in [5.74, 6) is 3.65. The van der Waals surface area contributed by atoms with Crippen LogP contribution < -0.4 is 16.0 Å². The standard InChI is InChI=1S/C25H30ClN5.2C25H28ClN5/c3*1-18-28-11-15-30(18)12-3-4-19-16-20-17-21(26)6-7-23(20)25(31-13-9-27-10-14-31)24-22(19)5-2-8-29-24/h2,5-8,11,15,17,19,25,27H,3-4,9-10,12-14,16H2,1H3;2*2,5-8,11,15-17,25,27H,3-4,9-10,12-14H2,1H3. The first-order valence-corrected chi connectivity index (χ1v) is 34.7. The highest BCUT2D eigenvalue weighted by Crippen LogP contribution is 2.45. The van der Waals surface area contributed by atoms with E-state index in [0.29, 0.717) is 5.92 Å². The van der Waals surface area contributed by atoms with Gasteiger partial charge in [0.1, 0.15) is 17.5 Å². The van der Waals surface area contributed by atoms with Crippen LogP contribution in [0.1, 0.15) is 147 Å². The van der Waals surface area contributed by atoms with Crippen molar-refractivity contribution in [3.05, 3.63) is 246 Å². The van der Waals surface area contributed by atoms with Gasteiger partial charge in [-0.2, -0.15) is 0 Å². The molecule has 6 aliphatic rings. The van der Waals surface area contributed by atoms with Crippen molar-refractivity contribution in [3.63, 3.8) is 0 Å². The van der Waals surface area contributed by atoms with Crippen molar-refractivity contribution >= 4 is 58.1 Å². The molecule has 3 aliphatic carbocycles. The maximum absolute atomic E-state index is 6.46. The molecule has 3 aromatic carbocycles. The van der Waals surface area contributed by atoms with E-state index >= 15 is 0 Å². The molecule has 4 unspecified atom stereocenters. The van der Waals surface area contributed by atoms with Gasteiger partial charge in [0.05, 0.1) is 35.2 Å². The lowest BCUT2D eigenvalue weighted by Gasteiger charge is -2.35. The molecule has 0 amide bonds. The van der Waals surface area contributed by atoms with E-state index in [1.54, 1.807) is 0 Å². The molecular weight excluding hydrogens is 1220 g/mol. The van der Waals surface area contributed by atoms with Gasteiger partial charge in [0.15, 0.2) is 0 Å². The van der Waals surface area contributed by atoms with Crippen molar-refractivity contribution in [1.29, 1.82) is 0 Å². The average molecular weight is 1300 g/mol. The van der Waals surface area contributed by atoms with E-state index < -0.39 is 0 Å². The second kappa shape index (κ2) is 30.5. The van der Waals surface area contributed by atoms with E-state index in [0.717, 1.165) is 187 Å². The van der Waals surface area contributed by atoms with Crippen LogP contribution >= 0.6 is 34.8 Å². The van der Waals surface area contributed by atoms with Gasteiger partial charge >= 0.3 is 0 Å². The number of imidazole rings is 3. The molecule has 0 radical (unpaired) electrons. The van der Waals surface area contributed by atoms with Gasteiger partial charge in [-0.3, -0.25) is 29.7 Å². The summed E-state index contributed by atoms with van der Waals surface area (Å²) in [5.41, 5.74) is 17.9. The van der Waals surface area contributed by atoms with E-state index in [1.807, 2.05) is 55.4 Å². The number of hydrogen-bond donors (Lipinski definition) is 3. The quantitative estimate of drug-likeness (QED) is 0.0901. The largest absolute Gasteiger partial charge is 0.335 e. The minimum Gasteiger partial charge on any atom is -0.335 e. The molecule has 3 saturated heterocycles. The van der Waals surface area contributed by atoms with Gasteiger partial charge < -0.3 is 29.7 Å². The number of rotatable bonds is 15. The van der Waals surface area contributed by atoms with E-state index in [9.17, 15) is 0 Å². The summed E-state index contributed by atoms with van der Waals surface area (Å²) in [6.07, 6.45) is 29.6. The molecule has 0 saturated carbocycles. The number of piperazine rings is 3. The number of nitrogens with one attached hydrogen (secondary N) is 3. The zero-order valence-electron chi connectivity index (χ0n) is 53.9. The van der Waals surface area contributed by atoms with Crippen molar-refractivity contribution < 1.29 is 0 Å². The van der Waals surface area contributed by atoms with E-state index in [4.69, 9.17) is 49.8 Å². The van der Waals surface area contributed by atoms with Crippen LogP contribution in [0.5, 0.6) is 0 Å². The monoisotopic (exact) mass is 1300 g/mol. The minimum absolute atomic E-state index is 0.148. The Kier molecular flexibility index (Phi) is 21.2. The third kappa shape index (κ3) is 15.0. The molecule has 482 valence electrons. The highest BCUT2D eigenvalue weighted by atomic mass is 35.5. The van der Waals surface area contributed by atoms with Crippen LogP contribution in [0.2, 0.25) is 15.1 Å². The number of aryl methyl sites for hydroxylation is 6. The molecule has 4 atom stereocenters. The molecule has 18 heteroatoms. The molecule has 0 spiro atoms. The van der Waals surface area contributed by atoms with Crippen LogP contribution in [-0.2, 0) is 26.1 Å². The molecular formula is C75H86Cl3N15. The maximum Gasteiger partial charge on any atom is 0.105 e. The number of hydrogen-bond acceptors (Lipinski definition) is 12. The van der Waals surface area contributed by atoms with Crippen molar-refractivity contribution in [2.75, 3.05) is 78.5 Å². The Bertz CT molecular complexity index is 3860. The van der Waals surface area contributed by atoms with Gasteiger partial charge in [-0.1, -0.05) is 83.4 Å². The molecule has 15 nitrogen and oxygen atoms in total. The fraction of sp³-hybridized carbons (Fsp3) is 0.387. The molecule has 6 aromatic heterocycles. The van der Waals surface area contributed by atoms with Gasteiger partial charge in [-0.05, 0) is 176 Å². The topological polar surface area (TPSA) is 138 Å². The smallest absolute Gasteiger partial charge is 0.105 e. The van der Waals surface area contributed by atoms with Gasteiger partial charge in [-0.25, -0.2) is 15.0 Å². The molecule has 9 aromatic rings. The molecule has 3 aliphatic heterocycles. The predicted molar refractivity (Wildman–Crippen MR) is 377 cm³/mol. The number of aromatic nitrogens is 9. The molecule has 3 fully saturated rings. The molecule has 3 N–H and O–H groups in total. The second-order valence-corrected chi connectivity index (χ2v) is 26.7. The summed E-state index contributed by atoms with van der Waals surface area (Å²) in [4.78, 5) is 35.6. The lowest BCUT2D eigenvalue weighted by atomic mass is 9.89. The van der Waals surface area contributed by atoms with Gasteiger partial charge in [-0.15, -0.1) is 0 Å². The Labute approximate surface area is 563 Å². The van der Waals surface area contributed by atoms with Crippen LogP contribution in [0.25, 0.3) is 23.3 Å². The van der Waals surface area contributed by atoms with E-state index in [-0.39, 0.29) is 18.1 Å². The first kappa shape index (κ1) is 64.6. The Morgan fingerprint density at radius 3 is 1.26 bits per heavy atom. The summed E-state index contributed by atoms with van der Waals surface area (Å²) < 4.78 is 6.68. The SMILES string of the molecule is Cc1nccn1CCCC1=Cc2cc(Cl)ccc2C(N2CCNCC2)c2ncccc21.Cc1nccn1CCCC1=Cc2cc(Cl)ccc2C(N2CCNCC2)c2ncccc21.Cc1nccn1CCCC1Cc2cc(Cl)ccc2C(N2CCNCC2)c2ncccc21. The minimum atomic E-state index is 0.148. The summed E-state index contributed by atoms with van der Waals surface area (Å²) in [6, 6.07) is 32.6.